The van der Waals surface area contributed by atoms with Crippen LogP contribution in [0.4, 0.5) is 11.4 Å². The Labute approximate surface area is 184 Å². The summed E-state index contributed by atoms with van der Waals surface area (Å²) in [6.45, 7) is -0.241. The van der Waals surface area contributed by atoms with Crippen molar-refractivity contribution in [1.82, 2.24) is 0 Å². The van der Waals surface area contributed by atoms with Gasteiger partial charge in [0.2, 0.25) is 0 Å². The van der Waals surface area contributed by atoms with Crippen LogP contribution in [0, 0.1) is 10.1 Å². The maximum Gasteiger partial charge on any atom is 0.287 e. The minimum absolute atomic E-state index is 0.104. The van der Waals surface area contributed by atoms with Crippen LogP contribution >= 0.6 is 22.9 Å². The van der Waals surface area contributed by atoms with E-state index in [1.54, 1.807) is 36.4 Å². The van der Waals surface area contributed by atoms with E-state index < -0.39 is 10.8 Å². The SMILES string of the molecule is COc1ccc(NC(=O)c2sc3c([N+](=O)[O-])cccc3c2Cl)cc1-c1ccc(CO)o1. The molecule has 2 heterocycles. The number of ether oxygens (including phenoxy) is 1. The molecule has 0 radical (unpaired) electrons. The van der Waals surface area contributed by atoms with Crippen molar-refractivity contribution >= 4 is 50.3 Å². The fourth-order valence-corrected chi connectivity index (χ4v) is 4.63. The lowest BCUT2D eigenvalue weighted by molar-refractivity contribution is -0.382. The van der Waals surface area contributed by atoms with Gasteiger partial charge in [0.05, 0.1) is 22.6 Å². The van der Waals surface area contributed by atoms with E-state index in [1.807, 2.05) is 0 Å². The van der Waals surface area contributed by atoms with Crippen molar-refractivity contribution in [3.63, 3.8) is 0 Å². The summed E-state index contributed by atoms with van der Waals surface area (Å²) in [5.41, 5.74) is 0.927. The number of anilines is 1. The van der Waals surface area contributed by atoms with Crippen LogP contribution in [0.15, 0.2) is 52.9 Å². The molecule has 0 aliphatic heterocycles. The molecule has 2 aromatic carbocycles. The van der Waals surface area contributed by atoms with Gasteiger partial charge in [0.1, 0.15) is 33.5 Å². The summed E-state index contributed by atoms with van der Waals surface area (Å²) in [7, 11) is 1.51. The third kappa shape index (κ3) is 3.86. The smallest absolute Gasteiger partial charge is 0.287 e. The number of nitrogens with zero attached hydrogens (tertiary/aromatic N) is 1. The van der Waals surface area contributed by atoms with Gasteiger partial charge in [-0.05, 0) is 30.3 Å². The fourth-order valence-electron chi connectivity index (χ4n) is 3.14. The molecule has 0 saturated heterocycles. The Morgan fingerprint density at radius 2 is 2.10 bits per heavy atom. The molecular formula is C21H15ClN2O6S. The molecule has 1 amide bonds. The Kier molecular flexibility index (Phi) is 5.64. The van der Waals surface area contributed by atoms with E-state index >= 15 is 0 Å². The number of nitro groups is 1. The number of nitrogens with one attached hydrogen (secondary N) is 1. The maximum atomic E-state index is 12.9. The van der Waals surface area contributed by atoms with Gasteiger partial charge in [-0.1, -0.05) is 23.7 Å². The van der Waals surface area contributed by atoms with E-state index in [2.05, 4.69) is 5.32 Å². The molecule has 0 unspecified atom stereocenters. The first kappa shape index (κ1) is 20.9. The zero-order valence-electron chi connectivity index (χ0n) is 16.0. The number of carbonyl (C=O) groups excluding carboxylic acids is 1. The molecule has 0 bridgehead atoms. The van der Waals surface area contributed by atoms with Gasteiger partial charge in [-0.25, -0.2) is 0 Å². The molecule has 0 aliphatic rings. The number of amides is 1. The van der Waals surface area contributed by atoms with Gasteiger partial charge in [-0.15, -0.1) is 11.3 Å². The Balaban J connectivity index is 1.69. The predicted octanol–water partition coefficient (Wildman–Crippen LogP) is 5.48. The number of hydrogen-bond acceptors (Lipinski definition) is 7. The molecule has 0 spiro atoms. The van der Waals surface area contributed by atoms with Crippen LogP contribution in [-0.2, 0) is 6.61 Å². The highest BCUT2D eigenvalue weighted by Crippen LogP contribution is 2.41. The van der Waals surface area contributed by atoms with E-state index in [1.165, 1.54) is 19.2 Å². The molecule has 0 aliphatic carbocycles. The molecule has 4 aromatic rings. The zero-order valence-corrected chi connectivity index (χ0v) is 17.6. The summed E-state index contributed by atoms with van der Waals surface area (Å²) in [5, 5.41) is 23.9. The molecule has 2 aromatic heterocycles. The first-order valence-electron chi connectivity index (χ1n) is 8.97. The van der Waals surface area contributed by atoms with Gasteiger partial charge in [0.25, 0.3) is 11.6 Å². The van der Waals surface area contributed by atoms with Crippen molar-refractivity contribution in [2.75, 3.05) is 12.4 Å². The lowest BCUT2D eigenvalue weighted by Crippen LogP contribution is -2.10. The Hall–Kier alpha value is -3.40. The topological polar surface area (TPSA) is 115 Å². The average Bonchev–Trinajstić information content (AvgIpc) is 3.38. The van der Waals surface area contributed by atoms with Gasteiger partial charge in [0.15, 0.2) is 0 Å². The summed E-state index contributed by atoms with van der Waals surface area (Å²) in [5.74, 6) is 0.886. The number of non-ortho nitro benzene ring substituents is 1. The number of nitro benzene ring substituents is 1. The molecular weight excluding hydrogens is 444 g/mol. The van der Waals surface area contributed by atoms with E-state index in [9.17, 15) is 20.0 Å². The number of halogens is 1. The first-order chi connectivity index (χ1) is 14.9. The normalized spacial score (nSPS) is 10.9. The van der Waals surface area contributed by atoms with Crippen molar-refractivity contribution in [2.45, 2.75) is 6.61 Å². The van der Waals surface area contributed by atoms with Crippen LogP contribution in [-0.4, -0.2) is 23.0 Å². The molecule has 2 N–H and O–H groups in total. The van der Waals surface area contributed by atoms with Crippen molar-refractivity contribution in [3.05, 3.63) is 74.3 Å². The number of thiophene rings is 1. The zero-order chi connectivity index (χ0) is 22.1. The molecule has 158 valence electrons. The second-order valence-corrected chi connectivity index (χ2v) is 7.85. The number of carbonyl (C=O) groups is 1. The number of furan rings is 1. The Bertz CT molecular complexity index is 1310. The molecule has 4 rings (SSSR count). The van der Waals surface area contributed by atoms with Crippen molar-refractivity contribution in [2.24, 2.45) is 0 Å². The largest absolute Gasteiger partial charge is 0.496 e. The first-order valence-corrected chi connectivity index (χ1v) is 10.2. The number of rotatable bonds is 6. The highest BCUT2D eigenvalue weighted by molar-refractivity contribution is 7.22. The van der Waals surface area contributed by atoms with Crippen molar-refractivity contribution in [1.29, 1.82) is 0 Å². The van der Waals surface area contributed by atoms with E-state index in [4.69, 9.17) is 20.8 Å². The number of aliphatic hydroxyl groups is 1. The third-order valence-electron chi connectivity index (χ3n) is 4.58. The third-order valence-corrected chi connectivity index (χ3v) is 6.31. The number of benzene rings is 2. The molecule has 0 fully saturated rings. The van der Waals surface area contributed by atoms with Crippen molar-refractivity contribution < 1.29 is 24.0 Å². The Morgan fingerprint density at radius 3 is 2.77 bits per heavy atom. The second-order valence-electron chi connectivity index (χ2n) is 6.45. The van der Waals surface area contributed by atoms with Gasteiger partial charge >= 0.3 is 0 Å². The molecule has 8 nitrogen and oxygen atoms in total. The summed E-state index contributed by atoms with van der Waals surface area (Å²) in [6, 6.07) is 12.9. The van der Waals surface area contributed by atoms with E-state index in [-0.39, 0.29) is 22.2 Å². The summed E-state index contributed by atoms with van der Waals surface area (Å²) in [6.07, 6.45) is 0. The average molecular weight is 459 g/mol. The van der Waals surface area contributed by atoms with Gasteiger partial charge in [-0.3, -0.25) is 14.9 Å². The van der Waals surface area contributed by atoms with E-state index in [0.29, 0.717) is 38.6 Å². The second kappa shape index (κ2) is 8.38. The molecule has 31 heavy (non-hydrogen) atoms. The summed E-state index contributed by atoms with van der Waals surface area (Å²) in [4.78, 5) is 23.8. The van der Waals surface area contributed by atoms with Crippen LogP contribution in [0.2, 0.25) is 5.02 Å². The van der Waals surface area contributed by atoms with Crippen molar-refractivity contribution in [3.8, 4) is 17.1 Å². The monoisotopic (exact) mass is 458 g/mol. The summed E-state index contributed by atoms with van der Waals surface area (Å²) < 4.78 is 11.3. The molecule has 10 heteroatoms. The van der Waals surface area contributed by atoms with Crippen LogP contribution in [0.3, 0.4) is 0 Å². The van der Waals surface area contributed by atoms with Crippen LogP contribution in [0.25, 0.3) is 21.4 Å². The number of hydrogen-bond donors (Lipinski definition) is 2. The van der Waals surface area contributed by atoms with Crippen LogP contribution in [0.1, 0.15) is 15.4 Å². The number of methoxy groups -OCH3 is 1. The maximum absolute atomic E-state index is 12.9. The predicted molar refractivity (Wildman–Crippen MR) is 118 cm³/mol. The van der Waals surface area contributed by atoms with Gasteiger partial charge in [-0.2, -0.15) is 0 Å². The van der Waals surface area contributed by atoms with Gasteiger partial charge in [0, 0.05) is 17.1 Å². The highest BCUT2D eigenvalue weighted by Gasteiger charge is 2.23. The lowest BCUT2D eigenvalue weighted by atomic mass is 10.1. The minimum Gasteiger partial charge on any atom is -0.496 e. The van der Waals surface area contributed by atoms with Crippen LogP contribution < -0.4 is 10.1 Å². The van der Waals surface area contributed by atoms with Crippen LogP contribution in [0.5, 0.6) is 5.75 Å². The quantitative estimate of drug-likeness (QED) is 0.292. The number of fused-ring (bicyclic) bond motifs is 1. The summed E-state index contributed by atoms with van der Waals surface area (Å²) >= 11 is 7.32. The molecule has 0 saturated carbocycles. The number of aliphatic hydroxyl groups excluding tert-OH is 1. The van der Waals surface area contributed by atoms with E-state index in [0.717, 1.165) is 11.3 Å². The Morgan fingerprint density at radius 1 is 1.29 bits per heavy atom. The van der Waals surface area contributed by atoms with Gasteiger partial charge < -0.3 is 19.6 Å². The minimum atomic E-state index is -0.503. The lowest BCUT2D eigenvalue weighted by Gasteiger charge is -2.10. The standard InChI is InChI=1S/C21H15ClN2O6S/c1-29-16-7-5-11(9-14(16)17-8-6-12(10-25)30-17)23-21(26)20-18(22)13-3-2-4-15(24(27)28)19(13)31-20/h2-9,25H,10H2,1H3,(H,23,26). The highest BCUT2D eigenvalue weighted by atomic mass is 35.5. The molecule has 0 atom stereocenters. The fraction of sp³-hybridized carbons (Fsp3) is 0.0952.